The lowest BCUT2D eigenvalue weighted by atomic mass is 10.1. The molecule has 0 saturated heterocycles. The summed E-state index contributed by atoms with van der Waals surface area (Å²) in [5.74, 6) is -0.211. The van der Waals surface area contributed by atoms with E-state index in [-0.39, 0.29) is 24.1 Å². The zero-order valence-corrected chi connectivity index (χ0v) is 23.3. The normalized spacial score (nSPS) is 16.6. The number of hydrogen-bond donors (Lipinski definition) is 2. The van der Waals surface area contributed by atoms with E-state index >= 15 is 0 Å². The summed E-state index contributed by atoms with van der Waals surface area (Å²) in [4.78, 5) is 51.2. The van der Waals surface area contributed by atoms with E-state index in [1.807, 2.05) is 79.9 Å². The number of amidine groups is 2. The molecule has 0 spiro atoms. The van der Waals surface area contributed by atoms with Gasteiger partial charge in [-0.1, -0.05) is 66.7 Å². The van der Waals surface area contributed by atoms with Crippen molar-refractivity contribution in [1.29, 1.82) is 0 Å². The van der Waals surface area contributed by atoms with Gasteiger partial charge in [0, 0.05) is 17.0 Å². The zero-order chi connectivity index (χ0) is 27.4. The summed E-state index contributed by atoms with van der Waals surface area (Å²) in [6.07, 6.45) is 0.493. The molecule has 0 unspecified atom stereocenters. The van der Waals surface area contributed by atoms with E-state index in [0.29, 0.717) is 36.2 Å². The number of nitrogens with zero attached hydrogens (tertiary/aromatic N) is 3. The highest BCUT2D eigenvalue weighted by Gasteiger charge is 2.43. The molecule has 0 radical (unpaired) electrons. The second-order valence-electron chi connectivity index (χ2n) is 9.33. The first-order valence-corrected chi connectivity index (χ1v) is 14.6. The molecule has 2 N–H and O–H groups in total. The number of para-hydroxylation sites is 1. The van der Waals surface area contributed by atoms with Crippen LogP contribution in [0.2, 0.25) is 0 Å². The number of aliphatic imine (C=N–C) groups is 2. The van der Waals surface area contributed by atoms with Crippen molar-refractivity contribution in [3.8, 4) is 0 Å². The van der Waals surface area contributed by atoms with Gasteiger partial charge in [0.15, 0.2) is 5.17 Å². The average Bonchev–Trinajstić information content (AvgIpc) is 3.58. The fraction of sp³-hybridized carbons (Fsp3) is 0.276. The largest absolute Gasteiger partial charge is 0.351 e. The van der Waals surface area contributed by atoms with Crippen LogP contribution in [-0.2, 0) is 27.5 Å². The Morgan fingerprint density at radius 2 is 1.85 bits per heavy atom. The van der Waals surface area contributed by atoms with Gasteiger partial charge in [0.25, 0.3) is 5.91 Å². The van der Waals surface area contributed by atoms with Crippen molar-refractivity contribution in [2.75, 3.05) is 0 Å². The van der Waals surface area contributed by atoms with E-state index in [2.05, 4.69) is 15.6 Å². The zero-order valence-electron chi connectivity index (χ0n) is 21.7. The highest BCUT2D eigenvalue weighted by molar-refractivity contribution is 8.15. The van der Waals surface area contributed by atoms with Gasteiger partial charge in [0.1, 0.15) is 11.9 Å². The van der Waals surface area contributed by atoms with Crippen LogP contribution in [0.3, 0.4) is 0 Å². The highest BCUT2D eigenvalue weighted by Crippen LogP contribution is 2.35. The molecule has 2 aromatic carbocycles. The van der Waals surface area contributed by atoms with Crippen LogP contribution in [0.1, 0.15) is 41.3 Å². The third kappa shape index (κ3) is 6.12. The van der Waals surface area contributed by atoms with Gasteiger partial charge >= 0.3 is 0 Å². The molecule has 200 valence electrons. The van der Waals surface area contributed by atoms with Crippen molar-refractivity contribution in [3.63, 3.8) is 0 Å². The third-order valence-corrected chi connectivity index (χ3v) is 8.66. The average molecular weight is 560 g/mol. The molecule has 2 aliphatic heterocycles. The number of carbonyl (C=O) groups excluding carboxylic acids is 3. The molecule has 3 heterocycles. The van der Waals surface area contributed by atoms with Gasteiger partial charge in [0.05, 0.1) is 23.9 Å². The number of benzene rings is 2. The summed E-state index contributed by atoms with van der Waals surface area (Å²) < 4.78 is 0. The predicted octanol–water partition coefficient (Wildman–Crippen LogP) is 4.55. The van der Waals surface area contributed by atoms with Gasteiger partial charge < -0.3 is 10.6 Å². The lowest BCUT2D eigenvalue weighted by Gasteiger charge is -2.27. The first-order valence-electron chi connectivity index (χ1n) is 12.8. The van der Waals surface area contributed by atoms with Crippen molar-refractivity contribution in [2.24, 2.45) is 9.98 Å². The van der Waals surface area contributed by atoms with Crippen molar-refractivity contribution in [3.05, 3.63) is 87.6 Å². The second-order valence-corrected chi connectivity index (χ2v) is 11.5. The Balaban J connectivity index is 1.30. The summed E-state index contributed by atoms with van der Waals surface area (Å²) in [5, 5.41) is 7.78. The summed E-state index contributed by atoms with van der Waals surface area (Å²) in [7, 11) is 0. The van der Waals surface area contributed by atoms with Crippen LogP contribution in [0.25, 0.3) is 0 Å². The highest BCUT2D eigenvalue weighted by atomic mass is 32.2. The third-order valence-electron chi connectivity index (χ3n) is 6.46. The molecular weight excluding hydrogens is 530 g/mol. The first-order chi connectivity index (χ1) is 18.9. The first kappa shape index (κ1) is 26.8. The number of fused-ring (bicyclic) bond motifs is 3. The molecule has 3 aromatic rings. The lowest BCUT2D eigenvalue weighted by molar-refractivity contribution is -0.128. The molecule has 39 heavy (non-hydrogen) atoms. The Hall–Kier alpha value is -3.76. The monoisotopic (exact) mass is 559 g/mol. The molecule has 5 rings (SSSR count). The molecule has 2 aliphatic rings. The molecule has 0 aliphatic carbocycles. The Morgan fingerprint density at radius 3 is 2.59 bits per heavy atom. The molecule has 0 saturated carbocycles. The van der Waals surface area contributed by atoms with E-state index in [1.165, 1.54) is 16.7 Å². The number of nitrogens with one attached hydrogen (secondary N) is 2. The summed E-state index contributed by atoms with van der Waals surface area (Å²) in [6, 6.07) is 18.5. The Morgan fingerprint density at radius 1 is 1.05 bits per heavy atom. The maximum atomic E-state index is 13.5. The molecular formula is C29H29N5O3S2. The standard InChI is InChI=1S/C29H29N5O3S2/c1-3-24(27(36)31-16-19-12-10-18(2)11-13-19)39-29-33-22-9-5-4-8-21(22)26-32-23(28(37)34(26)29)15-25(35)30-17-20-7-6-14-38-20/h4-14,23-24H,3,15-17H2,1-2H3,(H,30,35)(H,31,36)/t23-,24-/m1/s1. The minimum atomic E-state index is -0.851. The maximum Gasteiger partial charge on any atom is 0.259 e. The van der Waals surface area contributed by atoms with Crippen LogP contribution in [0, 0.1) is 6.92 Å². The van der Waals surface area contributed by atoms with Crippen LogP contribution in [0.4, 0.5) is 5.69 Å². The molecule has 3 amide bonds. The van der Waals surface area contributed by atoms with Crippen molar-refractivity contribution < 1.29 is 14.4 Å². The van der Waals surface area contributed by atoms with E-state index in [1.54, 1.807) is 11.3 Å². The smallest absolute Gasteiger partial charge is 0.259 e. The van der Waals surface area contributed by atoms with Crippen LogP contribution < -0.4 is 10.6 Å². The molecule has 2 atom stereocenters. The van der Waals surface area contributed by atoms with E-state index in [0.717, 1.165) is 21.6 Å². The number of thiophene rings is 1. The fourth-order valence-electron chi connectivity index (χ4n) is 4.32. The minimum absolute atomic E-state index is 0.0570. The van der Waals surface area contributed by atoms with E-state index in [9.17, 15) is 14.4 Å². The number of amides is 3. The quantitative estimate of drug-likeness (QED) is 0.402. The van der Waals surface area contributed by atoms with Crippen LogP contribution in [0.5, 0.6) is 0 Å². The Kier molecular flexibility index (Phi) is 8.23. The molecule has 10 heteroatoms. The van der Waals surface area contributed by atoms with E-state index < -0.39 is 11.3 Å². The Bertz CT molecular complexity index is 1430. The van der Waals surface area contributed by atoms with Crippen molar-refractivity contribution in [1.82, 2.24) is 15.5 Å². The number of thioether (sulfide) groups is 1. The molecule has 0 fully saturated rings. The summed E-state index contributed by atoms with van der Waals surface area (Å²) >= 11 is 2.81. The van der Waals surface area contributed by atoms with Crippen LogP contribution >= 0.6 is 23.1 Å². The van der Waals surface area contributed by atoms with Gasteiger partial charge in [-0.2, -0.15) is 0 Å². The number of hydrogen-bond acceptors (Lipinski definition) is 7. The van der Waals surface area contributed by atoms with Crippen LogP contribution in [0.15, 0.2) is 76.0 Å². The predicted molar refractivity (Wildman–Crippen MR) is 156 cm³/mol. The van der Waals surface area contributed by atoms with Crippen LogP contribution in [-0.4, -0.2) is 44.9 Å². The van der Waals surface area contributed by atoms with Gasteiger partial charge in [-0.3, -0.25) is 19.4 Å². The lowest BCUT2D eigenvalue weighted by Crippen LogP contribution is -2.43. The van der Waals surface area contributed by atoms with Gasteiger partial charge in [-0.15, -0.1) is 11.3 Å². The second kappa shape index (κ2) is 12.0. The molecule has 0 bridgehead atoms. The van der Waals surface area contributed by atoms with Gasteiger partial charge in [-0.25, -0.2) is 9.89 Å². The van der Waals surface area contributed by atoms with E-state index in [4.69, 9.17) is 4.99 Å². The topological polar surface area (TPSA) is 103 Å². The Labute approximate surface area is 235 Å². The summed E-state index contributed by atoms with van der Waals surface area (Å²) in [5.41, 5.74) is 3.59. The van der Waals surface area contributed by atoms with Crippen molar-refractivity contribution in [2.45, 2.75) is 51.1 Å². The maximum absolute atomic E-state index is 13.5. The van der Waals surface area contributed by atoms with Crippen molar-refractivity contribution >= 4 is 57.5 Å². The SMILES string of the molecule is CC[C@@H](SC1=Nc2ccccc2C2=N[C@H](CC(=O)NCc3cccs3)C(=O)N12)C(=O)NCc1ccc(C)cc1. The molecule has 8 nitrogen and oxygen atoms in total. The molecule has 1 aromatic heterocycles. The minimum Gasteiger partial charge on any atom is -0.351 e. The number of aryl methyl sites for hydroxylation is 1. The number of rotatable bonds is 9. The van der Waals surface area contributed by atoms with Gasteiger partial charge in [0.2, 0.25) is 11.8 Å². The number of carbonyl (C=O) groups is 3. The summed E-state index contributed by atoms with van der Waals surface area (Å²) in [6.45, 7) is 4.79. The fourth-order valence-corrected chi connectivity index (χ4v) is 6.01. The van der Waals surface area contributed by atoms with Gasteiger partial charge in [-0.05, 0) is 42.5 Å².